The molecule has 0 aromatic heterocycles. The first kappa shape index (κ1) is 15.2. The maximum Gasteiger partial charge on any atom is 0.251 e. The van der Waals surface area contributed by atoms with E-state index in [0.717, 1.165) is 41.4 Å². The van der Waals surface area contributed by atoms with Crippen LogP contribution in [0.2, 0.25) is 0 Å². The fourth-order valence-electron chi connectivity index (χ4n) is 1.94. The molecule has 1 aromatic rings. The van der Waals surface area contributed by atoms with E-state index in [1.54, 1.807) is 0 Å². The molecule has 0 spiro atoms. The van der Waals surface area contributed by atoms with Crippen LogP contribution < -0.4 is 5.32 Å². The standard InChI is InChI=1S/C15H22BrNO/c1-11(10-16)5-4-6-17-15(18)14-8-12(2)7-13(3)9-14/h7-9,11H,4-6,10H2,1-3H3,(H,17,18). The molecule has 1 unspecified atom stereocenters. The molecular formula is C15H22BrNO. The summed E-state index contributed by atoms with van der Waals surface area (Å²) in [5.41, 5.74) is 3.03. The van der Waals surface area contributed by atoms with Crippen LogP contribution in [0.5, 0.6) is 0 Å². The van der Waals surface area contributed by atoms with E-state index in [4.69, 9.17) is 0 Å². The second-order valence-corrected chi connectivity index (χ2v) is 5.68. The first-order chi connectivity index (χ1) is 8.52. The third-order valence-corrected chi connectivity index (χ3v) is 4.01. The van der Waals surface area contributed by atoms with Crippen molar-refractivity contribution in [3.63, 3.8) is 0 Å². The Kier molecular flexibility index (Phi) is 6.41. The van der Waals surface area contributed by atoms with E-state index in [1.807, 2.05) is 26.0 Å². The van der Waals surface area contributed by atoms with Gasteiger partial charge in [0.2, 0.25) is 0 Å². The van der Waals surface area contributed by atoms with Gasteiger partial charge < -0.3 is 5.32 Å². The number of aryl methyl sites for hydroxylation is 2. The number of alkyl halides is 1. The Hall–Kier alpha value is -0.830. The SMILES string of the molecule is Cc1cc(C)cc(C(=O)NCCCC(C)CBr)c1. The van der Waals surface area contributed by atoms with Crippen LogP contribution in [0.1, 0.15) is 41.3 Å². The third-order valence-electron chi connectivity index (χ3n) is 2.91. The van der Waals surface area contributed by atoms with E-state index >= 15 is 0 Å². The molecule has 0 aliphatic carbocycles. The van der Waals surface area contributed by atoms with E-state index in [0.29, 0.717) is 5.92 Å². The molecular weight excluding hydrogens is 290 g/mol. The van der Waals surface area contributed by atoms with Crippen molar-refractivity contribution in [1.82, 2.24) is 5.32 Å². The molecule has 0 saturated carbocycles. The molecule has 0 bridgehead atoms. The molecule has 1 aromatic carbocycles. The van der Waals surface area contributed by atoms with Crippen molar-refractivity contribution < 1.29 is 4.79 Å². The van der Waals surface area contributed by atoms with Crippen LogP contribution in [0.4, 0.5) is 0 Å². The summed E-state index contributed by atoms with van der Waals surface area (Å²) in [6, 6.07) is 5.95. The maximum absolute atomic E-state index is 11.9. The predicted molar refractivity (Wildman–Crippen MR) is 80.4 cm³/mol. The molecule has 0 aliphatic heterocycles. The lowest BCUT2D eigenvalue weighted by molar-refractivity contribution is 0.0952. The second-order valence-electron chi connectivity index (χ2n) is 5.03. The summed E-state index contributed by atoms with van der Waals surface area (Å²) in [5, 5.41) is 4.00. The van der Waals surface area contributed by atoms with Crippen molar-refractivity contribution in [3.8, 4) is 0 Å². The number of rotatable bonds is 6. The first-order valence-electron chi connectivity index (χ1n) is 6.45. The number of hydrogen-bond donors (Lipinski definition) is 1. The number of nitrogens with one attached hydrogen (secondary N) is 1. The first-order valence-corrected chi connectivity index (χ1v) is 7.57. The van der Waals surface area contributed by atoms with E-state index in [2.05, 4.69) is 34.2 Å². The van der Waals surface area contributed by atoms with Crippen molar-refractivity contribution in [2.45, 2.75) is 33.6 Å². The Labute approximate surface area is 118 Å². The van der Waals surface area contributed by atoms with Crippen molar-refractivity contribution in [1.29, 1.82) is 0 Å². The summed E-state index contributed by atoms with van der Waals surface area (Å²) in [6.45, 7) is 6.99. The number of benzene rings is 1. The van der Waals surface area contributed by atoms with Gasteiger partial charge in [0.15, 0.2) is 0 Å². The van der Waals surface area contributed by atoms with Crippen molar-refractivity contribution >= 4 is 21.8 Å². The molecule has 1 rings (SSSR count). The summed E-state index contributed by atoms with van der Waals surface area (Å²) in [6.07, 6.45) is 2.17. The van der Waals surface area contributed by atoms with Gasteiger partial charge in [0.1, 0.15) is 0 Å². The highest BCUT2D eigenvalue weighted by Gasteiger charge is 2.06. The smallest absolute Gasteiger partial charge is 0.251 e. The number of amides is 1. The van der Waals surface area contributed by atoms with Crippen LogP contribution in [-0.2, 0) is 0 Å². The summed E-state index contributed by atoms with van der Waals surface area (Å²) in [5.74, 6) is 0.705. The van der Waals surface area contributed by atoms with Gasteiger partial charge in [0.05, 0.1) is 0 Å². The zero-order valence-corrected chi connectivity index (χ0v) is 13.0. The Morgan fingerprint density at radius 2 is 1.89 bits per heavy atom. The summed E-state index contributed by atoms with van der Waals surface area (Å²) in [7, 11) is 0. The van der Waals surface area contributed by atoms with E-state index in [1.165, 1.54) is 0 Å². The molecule has 0 fully saturated rings. The molecule has 3 heteroatoms. The Bertz CT molecular complexity index is 383. The molecule has 100 valence electrons. The average molecular weight is 312 g/mol. The predicted octanol–water partition coefficient (Wildman–Crippen LogP) is 3.84. The van der Waals surface area contributed by atoms with E-state index in [9.17, 15) is 4.79 Å². The average Bonchev–Trinajstić information content (AvgIpc) is 2.32. The van der Waals surface area contributed by atoms with Crippen LogP contribution in [0.25, 0.3) is 0 Å². The lowest BCUT2D eigenvalue weighted by Crippen LogP contribution is -2.25. The summed E-state index contributed by atoms with van der Waals surface area (Å²) < 4.78 is 0. The summed E-state index contributed by atoms with van der Waals surface area (Å²) in [4.78, 5) is 11.9. The number of halogens is 1. The molecule has 1 atom stereocenters. The molecule has 0 radical (unpaired) electrons. The van der Waals surface area contributed by atoms with Crippen LogP contribution in [0.3, 0.4) is 0 Å². The lowest BCUT2D eigenvalue weighted by atomic mass is 10.1. The topological polar surface area (TPSA) is 29.1 Å². The minimum Gasteiger partial charge on any atom is -0.352 e. The van der Waals surface area contributed by atoms with Gasteiger partial charge >= 0.3 is 0 Å². The van der Waals surface area contributed by atoms with Gasteiger partial charge in [0.25, 0.3) is 5.91 Å². The van der Waals surface area contributed by atoms with Gasteiger partial charge in [-0.1, -0.05) is 40.0 Å². The maximum atomic E-state index is 11.9. The minimum absolute atomic E-state index is 0.0355. The molecule has 1 amide bonds. The third kappa shape index (κ3) is 5.21. The Morgan fingerprint density at radius 3 is 2.44 bits per heavy atom. The minimum atomic E-state index is 0.0355. The monoisotopic (exact) mass is 311 g/mol. The highest BCUT2D eigenvalue weighted by molar-refractivity contribution is 9.09. The van der Waals surface area contributed by atoms with Crippen LogP contribution in [0, 0.1) is 19.8 Å². The lowest BCUT2D eigenvalue weighted by Gasteiger charge is -2.09. The van der Waals surface area contributed by atoms with Crippen molar-refractivity contribution in [3.05, 3.63) is 34.9 Å². The van der Waals surface area contributed by atoms with Crippen LogP contribution >= 0.6 is 15.9 Å². The van der Waals surface area contributed by atoms with Gasteiger partial charge in [-0.25, -0.2) is 0 Å². The van der Waals surface area contributed by atoms with E-state index in [-0.39, 0.29) is 5.91 Å². The van der Waals surface area contributed by atoms with Gasteiger partial charge in [-0.15, -0.1) is 0 Å². The van der Waals surface area contributed by atoms with Gasteiger partial charge in [0, 0.05) is 17.4 Å². The highest BCUT2D eigenvalue weighted by atomic mass is 79.9. The number of carbonyl (C=O) groups is 1. The largest absolute Gasteiger partial charge is 0.352 e. The van der Waals surface area contributed by atoms with Crippen LogP contribution in [0.15, 0.2) is 18.2 Å². The zero-order valence-electron chi connectivity index (χ0n) is 11.4. The molecule has 0 saturated heterocycles. The second kappa shape index (κ2) is 7.57. The quantitative estimate of drug-likeness (QED) is 0.627. The fourth-order valence-corrected chi connectivity index (χ4v) is 2.26. The van der Waals surface area contributed by atoms with E-state index < -0.39 is 0 Å². The highest BCUT2D eigenvalue weighted by Crippen LogP contribution is 2.10. The normalized spacial score (nSPS) is 12.2. The number of carbonyl (C=O) groups excluding carboxylic acids is 1. The fraction of sp³-hybridized carbons (Fsp3) is 0.533. The Balaban J connectivity index is 2.41. The molecule has 18 heavy (non-hydrogen) atoms. The van der Waals surface area contributed by atoms with Crippen LogP contribution in [-0.4, -0.2) is 17.8 Å². The number of hydrogen-bond acceptors (Lipinski definition) is 1. The molecule has 0 heterocycles. The Morgan fingerprint density at radius 1 is 1.28 bits per heavy atom. The van der Waals surface area contributed by atoms with Gasteiger partial charge in [-0.2, -0.15) is 0 Å². The summed E-state index contributed by atoms with van der Waals surface area (Å²) >= 11 is 3.46. The van der Waals surface area contributed by atoms with Gasteiger partial charge in [-0.3, -0.25) is 4.79 Å². The zero-order chi connectivity index (χ0) is 13.5. The molecule has 2 nitrogen and oxygen atoms in total. The molecule has 0 aliphatic rings. The van der Waals surface area contributed by atoms with Crippen molar-refractivity contribution in [2.75, 3.05) is 11.9 Å². The van der Waals surface area contributed by atoms with Gasteiger partial charge in [-0.05, 0) is 44.7 Å². The molecule has 1 N–H and O–H groups in total. The van der Waals surface area contributed by atoms with Crippen molar-refractivity contribution in [2.24, 2.45) is 5.92 Å².